The van der Waals surface area contributed by atoms with Gasteiger partial charge in [0.25, 0.3) is 10.0 Å². The molecular weight excluding hydrogens is 524 g/mol. The van der Waals surface area contributed by atoms with Crippen molar-refractivity contribution >= 4 is 66.2 Å². The number of fused-ring (bicyclic) bond motifs is 1. The zero-order chi connectivity index (χ0) is 24.7. The highest BCUT2D eigenvalue weighted by Crippen LogP contribution is 2.48. The van der Waals surface area contributed by atoms with Crippen LogP contribution in [0.2, 0.25) is 5.02 Å². The minimum absolute atomic E-state index is 0.0438. The van der Waals surface area contributed by atoms with E-state index in [0.717, 1.165) is 0 Å². The average molecular weight is 539 g/mol. The Kier molecular flexibility index (Phi) is 5.99. The highest BCUT2D eigenvalue weighted by molar-refractivity contribution is 7.90. The van der Waals surface area contributed by atoms with E-state index in [1.165, 1.54) is 64.1 Å². The molecule has 2 aromatic carbocycles. The summed E-state index contributed by atoms with van der Waals surface area (Å²) in [5.74, 6) is -0.583. The maximum absolute atomic E-state index is 14.1. The van der Waals surface area contributed by atoms with Crippen molar-refractivity contribution in [3.05, 3.63) is 93.4 Å². The fourth-order valence-electron chi connectivity index (χ4n) is 3.95. The summed E-state index contributed by atoms with van der Waals surface area (Å²) in [7, 11) is -2.87. The zero-order valence-electron chi connectivity index (χ0n) is 18.1. The van der Waals surface area contributed by atoms with Crippen LogP contribution in [-0.4, -0.2) is 25.5 Å². The first-order valence-electron chi connectivity index (χ1n) is 10.1. The smallest absolute Gasteiger partial charge is 0.337 e. The van der Waals surface area contributed by atoms with Crippen molar-refractivity contribution in [1.29, 1.82) is 0 Å². The van der Waals surface area contributed by atoms with Crippen LogP contribution in [0.1, 0.15) is 10.4 Å². The molecule has 0 unspecified atom stereocenters. The lowest BCUT2D eigenvalue weighted by Gasteiger charge is -2.13. The number of halogens is 1. The Bertz CT molecular complexity index is 1730. The van der Waals surface area contributed by atoms with E-state index < -0.39 is 16.0 Å². The lowest BCUT2D eigenvalue weighted by molar-refractivity contribution is 0.0601. The summed E-state index contributed by atoms with van der Waals surface area (Å²) in [5, 5.41) is 5.12. The minimum Gasteiger partial charge on any atom is -0.465 e. The van der Waals surface area contributed by atoms with Gasteiger partial charge in [-0.05, 0) is 53.2 Å². The Morgan fingerprint density at radius 3 is 2.49 bits per heavy atom. The van der Waals surface area contributed by atoms with Crippen LogP contribution in [0.4, 0.5) is 5.00 Å². The Labute approximate surface area is 214 Å². The molecule has 0 amide bonds. The molecule has 0 aliphatic heterocycles. The first kappa shape index (κ1) is 23.3. The molecule has 3 aromatic heterocycles. The number of hydrogen-bond acceptors (Lipinski definition) is 6. The average Bonchev–Trinajstić information content (AvgIpc) is 3.61. The second-order valence-electron chi connectivity index (χ2n) is 7.40. The maximum atomic E-state index is 14.1. The molecule has 0 fully saturated rings. The number of hydrogen-bond donors (Lipinski definition) is 0. The van der Waals surface area contributed by atoms with E-state index in [0.29, 0.717) is 42.6 Å². The van der Waals surface area contributed by atoms with Crippen LogP contribution in [0.15, 0.2) is 76.3 Å². The van der Waals surface area contributed by atoms with Gasteiger partial charge in [-0.2, -0.15) is 11.3 Å². The van der Waals surface area contributed by atoms with E-state index in [1.807, 2.05) is 23.6 Å². The molecule has 0 bridgehead atoms. The second kappa shape index (κ2) is 8.98. The third-order valence-electron chi connectivity index (χ3n) is 5.47. The number of methoxy groups -OCH3 is 1. The Balaban J connectivity index is 1.98. The van der Waals surface area contributed by atoms with Gasteiger partial charge in [-0.1, -0.05) is 29.8 Å². The maximum Gasteiger partial charge on any atom is 0.337 e. The van der Waals surface area contributed by atoms with Gasteiger partial charge in [-0.3, -0.25) is 0 Å². The van der Waals surface area contributed by atoms with E-state index in [2.05, 4.69) is 4.85 Å². The van der Waals surface area contributed by atoms with Gasteiger partial charge in [0.2, 0.25) is 5.00 Å². The molecular formula is C25H15ClN2O4S3. The quantitative estimate of drug-likeness (QED) is 0.173. The van der Waals surface area contributed by atoms with Crippen LogP contribution in [0, 0.1) is 6.57 Å². The molecule has 3 heterocycles. The molecule has 0 radical (unpaired) electrons. The van der Waals surface area contributed by atoms with E-state index in [4.69, 9.17) is 22.9 Å². The van der Waals surface area contributed by atoms with Crippen LogP contribution in [-0.2, 0) is 14.8 Å². The van der Waals surface area contributed by atoms with Gasteiger partial charge in [0, 0.05) is 21.5 Å². The standard InChI is InChI=1S/C25H15ClN2O4S3/c1-27-24-19(11-13-34-24)22-18-10-5-15(25(29)32-2)14-20(18)28(23(22)21-4-3-12-33-21)35(30,31)17-8-6-16(26)7-9-17/h3-14H,2H3. The molecule has 6 nitrogen and oxygen atoms in total. The fraction of sp³-hybridized carbons (Fsp3) is 0.0400. The largest absolute Gasteiger partial charge is 0.465 e. The first-order chi connectivity index (χ1) is 16.9. The predicted octanol–water partition coefficient (Wildman–Crippen LogP) is 7.33. The molecule has 0 aliphatic carbocycles. The summed E-state index contributed by atoms with van der Waals surface area (Å²) in [5.41, 5.74) is 2.20. The zero-order valence-corrected chi connectivity index (χ0v) is 21.3. The van der Waals surface area contributed by atoms with Crippen molar-refractivity contribution in [2.75, 3.05) is 7.11 Å². The third-order valence-corrected chi connectivity index (χ3v) is 9.13. The minimum atomic E-state index is -4.14. The van der Waals surface area contributed by atoms with Crippen molar-refractivity contribution in [1.82, 2.24) is 3.97 Å². The van der Waals surface area contributed by atoms with Gasteiger partial charge in [-0.15, -0.1) is 11.3 Å². The molecule has 5 aromatic rings. The summed E-state index contributed by atoms with van der Waals surface area (Å²) in [6.45, 7) is 7.64. The number of carbonyl (C=O) groups is 1. The van der Waals surface area contributed by atoms with Gasteiger partial charge >= 0.3 is 5.97 Å². The fourth-order valence-corrected chi connectivity index (χ4v) is 7.12. The number of benzene rings is 2. The van der Waals surface area contributed by atoms with Crippen molar-refractivity contribution < 1.29 is 17.9 Å². The van der Waals surface area contributed by atoms with E-state index in [1.54, 1.807) is 17.5 Å². The molecule has 0 spiro atoms. The van der Waals surface area contributed by atoms with E-state index in [9.17, 15) is 13.2 Å². The highest BCUT2D eigenvalue weighted by Gasteiger charge is 2.30. The number of rotatable bonds is 5. The number of ether oxygens (including phenoxy) is 1. The van der Waals surface area contributed by atoms with Crippen LogP contribution < -0.4 is 0 Å². The Hall–Kier alpha value is -3.42. The van der Waals surface area contributed by atoms with Gasteiger partial charge in [-0.25, -0.2) is 22.0 Å². The number of esters is 1. The molecule has 0 N–H and O–H groups in total. The van der Waals surface area contributed by atoms with Gasteiger partial charge in [0.1, 0.15) is 0 Å². The lowest BCUT2D eigenvalue weighted by atomic mass is 10.0. The van der Waals surface area contributed by atoms with Gasteiger partial charge in [0.05, 0.1) is 40.2 Å². The van der Waals surface area contributed by atoms with E-state index >= 15 is 0 Å². The summed E-state index contributed by atoms with van der Waals surface area (Å²) in [6, 6.07) is 16.2. The molecule has 5 rings (SSSR count). The topological polar surface area (TPSA) is 69.7 Å². The van der Waals surface area contributed by atoms with Crippen molar-refractivity contribution in [2.45, 2.75) is 4.90 Å². The summed E-state index contributed by atoms with van der Waals surface area (Å²) in [4.78, 5) is 16.8. The van der Waals surface area contributed by atoms with Crippen molar-refractivity contribution in [2.24, 2.45) is 0 Å². The summed E-state index contributed by atoms with van der Waals surface area (Å²) in [6.07, 6.45) is 0. The summed E-state index contributed by atoms with van der Waals surface area (Å²) >= 11 is 8.69. The monoisotopic (exact) mass is 538 g/mol. The SMILES string of the molecule is [C-]#[N+]c1sccc1-c1c(-c2cccs2)n(S(=O)(=O)c2ccc(Cl)cc2)c2cc(C(=O)OC)ccc12. The molecule has 0 aliphatic rings. The normalized spacial score (nSPS) is 11.5. The first-order valence-corrected chi connectivity index (χ1v) is 13.7. The Morgan fingerprint density at radius 1 is 1.06 bits per heavy atom. The lowest BCUT2D eigenvalue weighted by Crippen LogP contribution is -2.14. The van der Waals surface area contributed by atoms with E-state index in [-0.39, 0.29) is 10.5 Å². The van der Waals surface area contributed by atoms with Crippen molar-refractivity contribution in [3.8, 4) is 21.7 Å². The van der Waals surface area contributed by atoms with Crippen LogP contribution >= 0.6 is 34.3 Å². The van der Waals surface area contributed by atoms with Crippen LogP contribution in [0.3, 0.4) is 0 Å². The summed E-state index contributed by atoms with van der Waals surface area (Å²) < 4.78 is 34.4. The number of nitrogens with zero attached hydrogens (tertiary/aromatic N) is 2. The molecule has 35 heavy (non-hydrogen) atoms. The Morgan fingerprint density at radius 2 is 1.83 bits per heavy atom. The van der Waals surface area contributed by atoms with Crippen LogP contribution in [0.5, 0.6) is 0 Å². The molecule has 174 valence electrons. The number of aromatic nitrogens is 1. The third kappa shape index (κ3) is 3.85. The molecule has 10 heteroatoms. The van der Waals surface area contributed by atoms with Gasteiger partial charge in [0.15, 0.2) is 0 Å². The molecule has 0 saturated heterocycles. The molecule has 0 atom stereocenters. The number of carbonyl (C=O) groups excluding carboxylic acids is 1. The number of thiophene rings is 2. The second-order valence-corrected chi connectivity index (χ2v) is 11.5. The van der Waals surface area contributed by atoms with Gasteiger partial charge < -0.3 is 4.74 Å². The van der Waals surface area contributed by atoms with Crippen LogP contribution in [0.25, 0.3) is 37.4 Å². The van der Waals surface area contributed by atoms with Crippen molar-refractivity contribution in [3.63, 3.8) is 0 Å². The highest BCUT2D eigenvalue weighted by atomic mass is 35.5. The predicted molar refractivity (Wildman–Crippen MR) is 140 cm³/mol. The molecule has 0 saturated carbocycles.